The van der Waals surface area contributed by atoms with E-state index in [1.54, 1.807) is 0 Å². The van der Waals surface area contributed by atoms with Gasteiger partial charge in [-0.3, -0.25) is 0 Å². The summed E-state index contributed by atoms with van der Waals surface area (Å²) in [5.41, 5.74) is 0. The van der Waals surface area contributed by atoms with Crippen molar-refractivity contribution in [1.29, 1.82) is 0 Å². The van der Waals surface area contributed by atoms with Crippen molar-refractivity contribution in [1.82, 2.24) is 0 Å². The molecule has 0 aliphatic heterocycles. The van der Waals surface area contributed by atoms with Crippen molar-refractivity contribution >= 4 is 0 Å². The highest BCUT2D eigenvalue weighted by Gasteiger charge is 1.85. The number of unbranched alkanes of at least 4 members (excludes halogenated alkanes) is 1. The number of rotatable bonds is 6. The van der Waals surface area contributed by atoms with E-state index in [-0.39, 0.29) is 0 Å². The van der Waals surface area contributed by atoms with Gasteiger partial charge in [-0.2, -0.15) is 7.05 Å². The Morgan fingerprint density at radius 1 is 1.44 bits per heavy atom. The molecule has 0 unspecified atom stereocenters. The van der Waals surface area contributed by atoms with E-state index in [1.807, 2.05) is 12.2 Å². The van der Waals surface area contributed by atoms with Gasteiger partial charge in [0.2, 0.25) is 0 Å². The van der Waals surface area contributed by atoms with Crippen molar-refractivity contribution in [2.75, 3.05) is 19.8 Å². The van der Waals surface area contributed by atoms with Crippen LogP contribution in [-0.4, -0.2) is 19.8 Å². The Kier molecular flexibility index (Phi) is 7.85. The molecule has 0 spiro atoms. The molecule has 9 heavy (non-hydrogen) atoms. The first kappa shape index (κ1) is 8.92. The van der Waals surface area contributed by atoms with Crippen LogP contribution < -0.4 is 5.32 Å². The van der Waals surface area contributed by atoms with Gasteiger partial charge in [-0.05, 0) is 19.8 Å². The van der Waals surface area contributed by atoms with Crippen LogP contribution in [0.4, 0.5) is 0 Å². The average Bonchev–Trinajstić information content (AvgIpc) is 1.89. The molecule has 0 aromatic carbocycles. The van der Waals surface area contributed by atoms with Gasteiger partial charge in [-0.25, -0.2) is 0 Å². The second kappa shape index (κ2) is 7.92. The average molecular weight is 131 g/mol. The topological polar surface area (TPSA) is 25.8 Å². The van der Waals surface area contributed by atoms with Crippen LogP contribution in [-0.2, 0) is 4.74 Å². The number of nitrogens with two attached hydrogens (primary N) is 1. The summed E-state index contributed by atoms with van der Waals surface area (Å²) in [5.74, 6) is 0. The van der Waals surface area contributed by atoms with Gasteiger partial charge in [0.25, 0.3) is 0 Å². The molecule has 0 fully saturated rings. The summed E-state index contributed by atoms with van der Waals surface area (Å²) >= 11 is 0. The van der Waals surface area contributed by atoms with Gasteiger partial charge in [-0.15, -0.1) is 0 Å². The molecule has 0 aromatic rings. The second-order valence-corrected chi connectivity index (χ2v) is 1.98. The van der Waals surface area contributed by atoms with Crippen molar-refractivity contribution in [3.05, 3.63) is 7.05 Å². The molecule has 0 bridgehead atoms. The van der Waals surface area contributed by atoms with E-state index < -0.39 is 0 Å². The molecule has 2 nitrogen and oxygen atoms in total. The third-order valence-corrected chi connectivity index (χ3v) is 1.15. The quantitative estimate of drug-likeness (QED) is 0.403. The van der Waals surface area contributed by atoms with Crippen LogP contribution in [0.2, 0.25) is 0 Å². The Balaban J connectivity index is 2.60. The molecule has 0 aliphatic carbocycles. The SMILES string of the molecule is [CH2-][NH2+]CCCCOCC. The highest BCUT2D eigenvalue weighted by Crippen LogP contribution is 1.85. The van der Waals surface area contributed by atoms with E-state index in [0.717, 1.165) is 19.8 Å². The summed E-state index contributed by atoms with van der Waals surface area (Å²) in [5, 5.41) is 1.95. The minimum atomic E-state index is 0.841. The Hall–Kier alpha value is -0.0800. The maximum absolute atomic E-state index is 5.15. The molecule has 0 atom stereocenters. The third-order valence-electron chi connectivity index (χ3n) is 1.15. The monoisotopic (exact) mass is 131 g/mol. The van der Waals surface area contributed by atoms with Gasteiger partial charge >= 0.3 is 0 Å². The van der Waals surface area contributed by atoms with Crippen LogP contribution in [0.3, 0.4) is 0 Å². The highest BCUT2D eigenvalue weighted by molar-refractivity contribution is 4.34. The standard InChI is InChI=1S/C7H17NO/c1-3-9-7-5-4-6-8-2/h2-8H2,1H3. The minimum Gasteiger partial charge on any atom is -0.479 e. The molecule has 0 aromatic heterocycles. The first-order valence-electron chi connectivity index (χ1n) is 3.60. The summed E-state index contributed by atoms with van der Waals surface area (Å²) in [4.78, 5) is 0. The maximum atomic E-state index is 5.15. The first-order valence-corrected chi connectivity index (χ1v) is 3.60. The zero-order chi connectivity index (χ0) is 6.95. The molecule has 0 heterocycles. The van der Waals surface area contributed by atoms with Gasteiger partial charge in [0.05, 0.1) is 6.54 Å². The Bertz CT molecular complexity index is 42.2. The van der Waals surface area contributed by atoms with E-state index in [0.29, 0.717) is 0 Å². The predicted molar refractivity (Wildman–Crippen MR) is 37.9 cm³/mol. The molecule has 0 saturated carbocycles. The Labute approximate surface area is 57.6 Å². The van der Waals surface area contributed by atoms with Crippen molar-refractivity contribution < 1.29 is 10.1 Å². The fraction of sp³-hybridized carbons (Fsp3) is 0.857. The number of hydrogen-bond acceptors (Lipinski definition) is 1. The zero-order valence-electron chi connectivity index (χ0n) is 6.23. The normalized spacial score (nSPS) is 10.0. The lowest BCUT2D eigenvalue weighted by atomic mass is 10.3. The minimum absolute atomic E-state index is 0.841. The second-order valence-electron chi connectivity index (χ2n) is 1.98. The molecular formula is C7H17NO. The molecule has 56 valence electrons. The molecule has 0 radical (unpaired) electrons. The van der Waals surface area contributed by atoms with E-state index in [2.05, 4.69) is 7.05 Å². The van der Waals surface area contributed by atoms with Gasteiger partial charge in [-0.1, -0.05) is 0 Å². The lowest BCUT2D eigenvalue weighted by Crippen LogP contribution is -2.76. The van der Waals surface area contributed by atoms with E-state index in [1.165, 1.54) is 12.8 Å². The summed E-state index contributed by atoms with van der Waals surface area (Å²) in [6, 6.07) is 0. The summed E-state index contributed by atoms with van der Waals surface area (Å²) in [6.45, 7) is 4.89. The smallest absolute Gasteiger partial charge is 0.0516 e. The number of ether oxygens (including phenoxy) is 1. The lowest BCUT2D eigenvalue weighted by Gasteiger charge is -2.00. The van der Waals surface area contributed by atoms with Gasteiger partial charge in [0.1, 0.15) is 0 Å². The third kappa shape index (κ3) is 7.92. The van der Waals surface area contributed by atoms with Crippen LogP contribution >= 0.6 is 0 Å². The largest absolute Gasteiger partial charge is 0.479 e. The molecule has 0 aliphatic rings. The summed E-state index contributed by atoms with van der Waals surface area (Å²) in [7, 11) is 3.64. The fourth-order valence-corrected chi connectivity index (χ4v) is 0.637. The zero-order valence-corrected chi connectivity index (χ0v) is 6.23. The van der Waals surface area contributed by atoms with E-state index >= 15 is 0 Å². The van der Waals surface area contributed by atoms with E-state index in [4.69, 9.17) is 4.74 Å². The molecule has 0 amide bonds. The van der Waals surface area contributed by atoms with Crippen molar-refractivity contribution in [3.8, 4) is 0 Å². The van der Waals surface area contributed by atoms with Gasteiger partial charge in [0.15, 0.2) is 0 Å². The molecular weight excluding hydrogens is 114 g/mol. The van der Waals surface area contributed by atoms with E-state index in [9.17, 15) is 0 Å². The number of hydrogen-bond donors (Lipinski definition) is 1. The van der Waals surface area contributed by atoms with Crippen molar-refractivity contribution in [3.63, 3.8) is 0 Å². The highest BCUT2D eigenvalue weighted by atomic mass is 16.5. The van der Waals surface area contributed by atoms with Gasteiger partial charge < -0.3 is 10.1 Å². The van der Waals surface area contributed by atoms with Gasteiger partial charge in [0, 0.05) is 13.2 Å². The van der Waals surface area contributed by atoms with Crippen molar-refractivity contribution in [2.45, 2.75) is 19.8 Å². The van der Waals surface area contributed by atoms with Crippen molar-refractivity contribution in [2.24, 2.45) is 0 Å². The van der Waals surface area contributed by atoms with Crippen LogP contribution in [0.15, 0.2) is 0 Å². The summed E-state index contributed by atoms with van der Waals surface area (Å²) < 4.78 is 5.15. The van der Waals surface area contributed by atoms with Crippen LogP contribution in [0.1, 0.15) is 19.8 Å². The van der Waals surface area contributed by atoms with Crippen LogP contribution in [0, 0.1) is 7.05 Å². The Morgan fingerprint density at radius 3 is 2.78 bits per heavy atom. The molecule has 0 rings (SSSR count). The predicted octanol–water partition coefficient (Wildman–Crippen LogP) is 0.158. The van der Waals surface area contributed by atoms with Crippen LogP contribution in [0.5, 0.6) is 0 Å². The maximum Gasteiger partial charge on any atom is 0.0516 e. The number of quaternary nitrogens is 1. The first-order chi connectivity index (χ1) is 4.41. The fourth-order valence-electron chi connectivity index (χ4n) is 0.637. The van der Waals surface area contributed by atoms with Crippen LogP contribution in [0.25, 0.3) is 0 Å². The molecule has 0 saturated heterocycles. The Morgan fingerprint density at radius 2 is 2.22 bits per heavy atom. The molecule has 2 N–H and O–H groups in total. The molecule has 2 heteroatoms. The summed E-state index contributed by atoms with van der Waals surface area (Å²) in [6.07, 6.45) is 2.38. The lowest BCUT2D eigenvalue weighted by molar-refractivity contribution is -0.596.